The summed E-state index contributed by atoms with van der Waals surface area (Å²) in [7, 11) is 0. The van der Waals surface area contributed by atoms with Crippen LogP contribution in [0.25, 0.3) is 10.9 Å². The molecule has 1 heterocycles. The second-order valence-corrected chi connectivity index (χ2v) is 7.33. The molecule has 1 aromatic heterocycles. The van der Waals surface area contributed by atoms with Crippen LogP contribution in [0.1, 0.15) is 33.4 Å². The Morgan fingerprint density at radius 3 is 1.65 bits per heavy atom. The van der Waals surface area contributed by atoms with E-state index < -0.39 is 23.9 Å². The third-order valence-corrected chi connectivity index (χ3v) is 4.67. The first-order valence-electron chi connectivity index (χ1n) is 11.8. The van der Waals surface area contributed by atoms with E-state index in [4.69, 9.17) is 18.9 Å². The van der Waals surface area contributed by atoms with Gasteiger partial charge in [0.15, 0.2) is 11.1 Å². The fourth-order valence-corrected chi connectivity index (χ4v) is 3.11. The smallest absolute Gasteiger partial charge is 0.347 e. The summed E-state index contributed by atoms with van der Waals surface area (Å²) in [6.07, 6.45) is 2.44. The molecule has 0 unspecified atom stereocenters. The van der Waals surface area contributed by atoms with Crippen LogP contribution in [-0.2, 0) is 38.1 Å². The van der Waals surface area contributed by atoms with E-state index in [1.54, 1.807) is 58.9 Å². The van der Waals surface area contributed by atoms with Gasteiger partial charge in [-0.3, -0.25) is 4.98 Å². The maximum atomic E-state index is 12.3. The van der Waals surface area contributed by atoms with Gasteiger partial charge < -0.3 is 29.6 Å². The van der Waals surface area contributed by atoms with Crippen molar-refractivity contribution in [2.24, 2.45) is 0 Å². The molecule has 0 saturated carbocycles. The van der Waals surface area contributed by atoms with Gasteiger partial charge >= 0.3 is 23.9 Å². The molecule has 2 rings (SSSR count). The number of ether oxygens (including phenoxy) is 4. The first-order valence-corrected chi connectivity index (χ1v) is 11.8. The number of carbonyl (C=O) groups excluding carboxylic acids is 4. The molecular formula is C26H31N3O8. The van der Waals surface area contributed by atoms with Crippen molar-refractivity contribution in [1.29, 1.82) is 0 Å². The molecule has 0 spiro atoms. The monoisotopic (exact) mass is 513 g/mol. The summed E-state index contributed by atoms with van der Waals surface area (Å²) in [6, 6.07) is 6.90. The van der Waals surface area contributed by atoms with Crippen LogP contribution in [0.2, 0.25) is 0 Å². The number of rotatable bonds is 12. The van der Waals surface area contributed by atoms with Crippen LogP contribution in [0.3, 0.4) is 0 Å². The van der Waals surface area contributed by atoms with Gasteiger partial charge in [0.05, 0.1) is 31.9 Å². The van der Waals surface area contributed by atoms with Crippen LogP contribution < -0.4 is 10.6 Å². The van der Waals surface area contributed by atoms with E-state index in [1.807, 2.05) is 0 Å². The Balaban J connectivity index is 2.46. The first kappa shape index (κ1) is 28.8. The van der Waals surface area contributed by atoms with Gasteiger partial charge in [-0.15, -0.1) is 0 Å². The summed E-state index contributed by atoms with van der Waals surface area (Å²) in [6.45, 7) is 8.70. The second kappa shape index (κ2) is 14.2. The fourth-order valence-electron chi connectivity index (χ4n) is 3.11. The molecule has 0 saturated heterocycles. The lowest BCUT2D eigenvalue weighted by Crippen LogP contribution is -2.19. The Hall–Kier alpha value is -4.41. The third kappa shape index (κ3) is 8.06. The van der Waals surface area contributed by atoms with Gasteiger partial charge in [0.1, 0.15) is 0 Å². The van der Waals surface area contributed by atoms with E-state index in [1.165, 1.54) is 12.4 Å². The molecule has 2 N–H and O–H groups in total. The van der Waals surface area contributed by atoms with Gasteiger partial charge in [-0.05, 0) is 58.9 Å². The molecule has 11 heteroatoms. The quantitative estimate of drug-likeness (QED) is 0.142. The molecule has 37 heavy (non-hydrogen) atoms. The van der Waals surface area contributed by atoms with E-state index in [-0.39, 0.29) is 37.6 Å². The Morgan fingerprint density at radius 2 is 1.19 bits per heavy atom. The molecule has 0 aliphatic heterocycles. The number of carbonyl (C=O) groups is 4. The lowest BCUT2D eigenvalue weighted by Gasteiger charge is -2.12. The largest absolute Gasteiger partial charge is 0.462 e. The van der Waals surface area contributed by atoms with Crippen molar-refractivity contribution >= 4 is 46.2 Å². The highest BCUT2D eigenvalue weighted by Gasteiger charge is 2.22. The van der Waals surface area contributed by atoms with E-state index >= 15 is 0 Å². The Kier molecular flexibility index (Phi) is 11.1. The molecular weight excluding hydrogens is 482 g/mol. The normalized spacial score (nSPS) is 10.1. The summed E-state index contributed by atoms with van der Waals surface area (Å²) < 4.78 is 19.8. The highest BCUT2D eigenvalue weighted by atomic mass is 16.6. The van der Waals surface area contributed by atoms with E-state index in [9.17, 15) is 19.2 Å². The molecule has 1 aromatic carbocycles. The van der Waals surface area contributed by atoms with E-state index in [2.05, 4.69) is 15.6 Å². The number of anilines is 2. The number of hydrogen-bond acceptors (Lipinski definition) is 11. The molecule has 0 amide bonds. The second-order valence-electron chi connectivity index (χ2n) is 7.33. The number of nitrogens with one attached hydrogen (secondary N) is 2. The van der Waals surface area contributed by atoms with Gasteiger partial charge in [0, 0.05) is 34.9 Å². The number of hydrogen-bond donors (Lipinski definition) is 2. The number of nitrogens with zero attached hydrogens (tertiary/aromatic N) is 1. The van der Waals surface area contributed by atoms with Crippen LogP contribution >= 0.6 is 0 Å². The number of aryl methyl sites for hydroxylation is 1. The lowest BCUT2D eigenvalue weighted by atomic mass is 10.1. The summed E-state index contributed by atoms with van der Waals surface area (Å²) in [5, 5.41) is 6.51. The molecule has 11 nitrogen and oxygen atoms in total. The van der Waals surface area contributed by atoms with Crippen molar-refractivity contribution in [3.63, 3.8) is 0 Å². The Morgan fingerprint density at radius 1 is 0.730 bits per heavy atom. The number of esters is 4. The molecule has 198 valence electrons. The van der Waals surface area contributed by atoms with Crippen molar-refractivity contribution in [2.45, 2.75) is 34.6 Å². The average molecular weight is 514 g/mol. The number of benzene rings is 1. The highest BCUT2D eigenvalue weighted by molar-refractivity contribution is 6.15. The molecule has 0 aliphatic carbocycles. The lowest BCUT2D eigenvalue weighted by molar-refractivity contribution is -0.148. The predicted octanol–water partition coefficient (Wildman–Crippen LogP) is 3.39. The zero-order valence-corrected chi connectivity index (χ0v) is 21.5. The van der Waals surface area contributed by atoms with Gasteiger partial charge in [-0.25, -0.2) is 19.2 Å². The Bertz CT molecular complexity index is 1180. The van der Waals surface area contributed by atoms with Crippen LogP contribution in [0.5, 0.6) is 0 Å². The standard InChI is InChI=1S/C26H31N3O8/c1-6-34-23(30)19(24(31)35-7-2)14-27-17-10-11-21-18(13-17)22(12-16(5)29-21)28-15-20(25(32)36-8-3)26(33)37-9-4/h10-15,27H,6-9H2,1-5H3,(H,28,29). The predicted molar refractivity (Wildman–Crippen MR) is 136 cm³/mol. The minimum atomic E-state index is -0.818. The summed E-state index contributed by atoms with van der Waals surface area (Å²) in [5.74, 6) is -3.27. The highest BCUT2D eigenvalue weighted by Crippen LogP contribution is 2.27. The van der Waals surface area contributed by atoms with Crippen LogP contribution in [-0.4, -0.2) is 55.3 Å². The maximum Gasteiger partial charge on any atom is 0.347 e. The van der Waals surface area contributed by atoms with E-state index in [0.29, 0.717) is 28.0 Å². The first-order chi connectivity index (χ1) is 17.7. The van der Waals surface area contributed by atoms with Crippen LogP contribution in [0.15, 0.2) is 47.8 Å². The van der Waals surface area contributed by atoms with Crippen molar-refractivity contribution in [3.8, 4) is 0 Å². The zero-order valence-electron chi connectivity index (χ0n) is 21.5. The molecule has 0 fully saturated rings. The summed E-state index contributed by atoms with van der Waals surface area (Å²) in [4.78, 5) is 53.5. The summed E-state index contributed by atoms with van der Waals surface area (Å²) >= 11 is 0. The average Bonchev–Trinajstić information content (AvgIpc) is 2.85. The minimum absolute atomic E-state index is 0.0923. The van der Waals surface area contributed by atoms with Crippen molar-refractivity contribution in [1.82, 2.24) is 4.98 Å². The number of pyridine rings is 1. The van der Waals surface area contributed by atoms with Gasteiger partial charge in [0.25, 0.3) is 0 Å². The number of fused-ring (bicyclic) bond motifs is 1. The topological polar surface area (TPSA) is 142 Å². The molecule has 0 aliphatic rings. The van der Waals surface area contributed by atoms with E-state index in [0.717, 1.165) is 0 Å². The molecule has 0 bridgehead atoms. The van der Waals surface area contributed by atoms with Gasteiger partial charge in [-0.1, -0.05) is 0 Å². The van der Waals surface area contributed by atoms with Gasteiger partial charge in [0.2, 0.25) is 0 Å². The van der Waals surface area contributed by atoms with Crippen LogP contribution in [0, 0.1) is 6.92 Å². The maximum absolute atomic E-state index is 12.3. The third-order valence-electron chi connectivity index (χ3n) is 4.67. The Labute approximate surface area is 214 Å². The van der Waals surface area contributed by atoms with Crippen LogP contribution in [0.4, 0.5) is 11.4 Å². The van der Waals surface area contributed by atoms with Crippen molar-refractivity contribution in [3.05, 3.63) is 53.5 Å². The number of aromatic nitrogens is 1. The van der Waals surface area contributed by atoms with Gasteiger partial charge in [-0.2, -0.15) is 0 Å². The zero-order chi connectivity index (χ0) is 27.4. The summed E-state index contributed by atoms with van der Waals surface area (Å²) in [5.41, 5.74) is 1.78. The molecule has 0 atom stereocenters. The molecule has 2 aromatic rings. The molecule has 0 radical (unpaired) electrons. The fraction of sp³-hybridized carbons (Fsp3) is 0.346. The van der Waals surface area contributed by atoms with Crippen molar-refractivity contribution < 1.29 is 38.1 Å². The van der Waals surface area contributed by atoms with Crippen molar-refractivity contribution in [2.75, 3.05) is 37.1 Å². The minimum Gasteiger partial charge on any atom is -0.462 e. The SMILES string of the molecule is CCOC(=O)C(=CNc1ccc2nc(C)cc(NC=C(C(=O)OCC)C(=O)OCC)c2c1)C(=O)OCC.